The lowest BCUT2D eigenvalue weighted by Crippen LogP contribution is -2.28. The quantitative estimate of drug-likeness (QED) is 0.857. The van der Waals surface area contributed by atoms with Gasteiger partial charge in [0, 0.05) is 5.41 Å². The lowest BCUT2D eigenvalue weighted by Gasteiger charge is -2.15. The van der Waals surface area contributed by atoms with Gasteiger partial charge in [0.15, 0.2) is 5.82 Å². The van der Waals surface area contributed by atoms with Crippen molar-refractivity contribution >= 4 is 5.97 Å². The van der Waals surface area contributed by atoms with E-state index in [2.05, 4.69) is 15.5 Å². The lowest BCUT2D eigenvalue weighted by atomic mass is 9.96. The summed E-state index contributed by atoms with van der Waals surface area (Å²) in [5.74, 6) is 0.563. The molecular formula is C14H23N3O3. The van der Waals surface area contributed by atoms with Crippen molar-refractivity contribution in [1.29, 1.82) is 0 Å². The van der Waals surface area contributed by atoms with Gasteiger partial charge in [-0.05, 0) is 25.3 Å². The second kappa shape index (κ2) is 5.91. The molecule has 0 amide bonds. The highest BCUT2D eigenvalue weighted by Gasteiger charge is 2.32. The van der Waals surface area contributed by atoms with Gasteiger partial charge in [-0.15, -0.1) is 0 Å². The van der Waals surface area contributed by atoms with Crippen molar-refractivity contribution in [2.75, 3.05) is 6.54 Å². The third-order valence-corrected chi connectivity index (χ3v) is 3.80. The molecule has 2 N–H and O–H groups in total. The van der Waals surface area contributed by atoms with Crippen molar-refractivity contribution in [3.8, 4) is 0 Å². The lowest BCUT2D eigenvalue weighted by molar-refractivity contribution is -0.142. The molecule has 1 heterocycles. The predicted molar refractivity (Wildman–Crippen MR) is 73.2 cm³/mol. The van der Waals surface area contributed by atoms with Crippen LogP contribution in [-0.2, 0) is 16.8 Å². The van der Waals surface area contributed by atoms with Gasteiger partial charge in [-0.2, -0.15) is 4.98 Å². The average molecular weight is 281 g/mol. The molecule has 0 spiro atoms. The van der Waals surface area contributed by atoms with Crippen LogP contribution in [-0.4, -0.2) is 27.8 Å². The minimum atomic E-state index is -0.679. The summed E-state index contributed by atoms with van der Waals surface area (Å²) in [6.45, 7) is 7.28. The van der Waals surface area contributed by atoms with Crippen molar-refractivity contribution < 1.29 is 14.4 Å². The molecule has 0 saturated heterocycles. The maximum atomic E-state index is 11.1. The normalized spacial score (nSPS) is 23.1. The number of hydrogen-bond acceptors (Lipinski definition) is 5. The molecule has 1 saturated carbocycles. The van der Waals surface area contributed by atoms with Gasteiger partial charge in [0.1, 0.15) is 0 Å². The van der Waals surface area contributed by atoms with E-state index in [9.17, 15) is 4.79 Å². The highest BCUT2D eigenvalue weighted by molar-refractivity contribution is 5.70. The molecule has 2 rings (SSSR count). The van der Waals surface area contributed by atoms with Crippen LogP contribution >= 0.6 is 0 Å². The monoisotopic (exact) mass is 281 g/mol. The Morgan fingerprint density at radius 2 is 2.20 bits per heavy atom. The highest BCUT2D eigenvalue weighted by Crippen LogP contribution is 2.31. The maximum Gasteiger partial charge on any atom is 0.306 e. The fourth-order valence-electron chi connectivity index (χ4n) is 2.60. The molecule has 1 aliphatic carbocycles. The van der Waals surface area contributed by atoms with Crippen molar-refractivity contribution in [2.45, 2.75) is 52.0 Å². The summed E-state index contributed by atoms with van der Waals surface area (Å²) in [7, 11) is 0. The molecule has 1 fully saturated rings. The second-order valence-corrected chi connectivity index (χ2v) is 6.53. The van der Waals surface area contributed by atoms with E-state index in [0.717, 1.165) is 19.3 Å². The van der Waals surface area contributed by atoms with E-state index >= 15 is 0 Å². The molecule has 2 unspecified atom stereocenters. The fourth-order valence-corrected chi connectivity index (χ4v) is 2.60. The zero-order chi connectivity index (χ0) is 14.8. The van der Waals surface area contributed by atoms with Crippen molar-refractivity contribution in [1.82, 2.24) is 15.5 Å². The fraction of sp³-hybridized carbons (Fsp3) is 0.786. The van der Waals surface area contributed by atoms with Gasteiger partial charge >= 0.3 is 5.97 Å². The Balaban J connectivity index is 1.81. The summed E-state index contributed by atoms with van der Waals surface area (Å²) in [5.41, 5.74) is -0.123. The Kier molecular flexibility index (Phi) is 4.42. The molecule has 112 valence electrons. The maximum absolute atomic E-state index is 11.1. The standard InChI is InChI=1S/C14H23N3O3/c1-14(2,3)13-16-11(20-17-13)8-15-7-9-5-4-6-10(9)12(18)19/h9-10,15H,4-8H2,1-3H3,(H,18,19). The van der Waals surface area contributed by atoms with Crippen LogP contribution < -0.4 is 5.32 Å². The molecule has 0 aliphatic heterocycles. The molecule has 6 nitrogen and oxygen atoms in total. The largest absolute Gasteiger partial charge is 0.481 e. The third kappa shape index (κ3) is 3.56. The topological polar surface area (TPSA) is 88.2 Å². The van der Waals surface area contributed by atoms with E-state index in [1.165, 1.54) is 0 Å². The number of rotatable bonds is 5. The summed E-state index contributed by atoms with van der Waals surface area (Å²) in [6, 6.07) is 0. The molecule has 20 heavy (non-hydrogen) atoms. The number of aliphatic carboxylic acids is 1. The minimum Gasteiger partial charge on any atom is -0.481 e. The number of carboxylic acids is 1. The minimum absolute atomic E-state index is 0.123. The van der Waals surface area contributed by atoms with Gasteiger partial charge in [-0.25, -0.2) is 0 Å². The molecule has 1 aromatic heterocycles. The van der Waals surface area contributed by atoms with Gasteiger partial charge in [0.2, 0.25) is 5.89 Å². The van der Waals surface area contributed by atoms with E-state index in [1.807, 2.05) is 20.8 Å². The number of carboxylic acid groups (broad SMARTS) is 1. The van der Waals surface area contributed by atoms with Gasteiger partial charge in [0.05, 0.1) is 12.5 Å². The summed E-state index contributed by atoms with van der Waals surface area (Å²) in [4.78, 5) is 15.4. The number of aromatic nitrogens is 2. The van der Waals surface area contributed by atoms with Gasteiger partial charge in [-0.1, -0.05) is 32.3 Å². The molecule has 1 aliphatic rings. The zero-order valence-electron chi connectivity index (χ0n) is 12.3. The van der Waals surface area contributed by atoms with Crippen LogP contribution in [0.15, 0.2) is 4.52 Å². The molecule has 0 aromatic carbocycles. The van der Waals surface area contributed by atoms with E-state index in [-0.39, 0.29) is 17.3 Å². The van der Waals surface area contributed by atoms with Crippen LogP contribution in [0.3, 0.4) is 0 Å². The first-order valence-electron chi connectivity index (χ1n) is 7.14. The van der Waals surface area contributed by atoms with E-state index in [1.54, 1.807) is 0 Å². The van der Waals surface area contributed by atoms with Crippen molar-refractivity contribution in [3.05, 3.63) is 11.7 Å². The first-order chi connectivity index (χ1) is 9.38. The van der Waals surface area contributed by atoms with Gasteiger partial charge in [-0.3, -0.25) is 4.79 Å². The van der Waals surface area contributed by atoms with E-state index < -0.39 is 5.97 Å². The SMILES string of the molecule is CC(C)(C)c1noc(CNCC2CCCC2C(=O)O)n1. The number of hydrogen-bond donors (Lipinski definition) is 2. The Bertz CT molecular complexity index is 464. The van der Waals surface area contributed by atoms with Crippen LogP contribution in [0, 0.1) is 11.8 Å². The first kappa shape index (κ1) is 15.0. The number of nitrogens with one attached hydrogen (secondary N) is 1. The van der Waals surface area contributed by atoms with Crippen molar-refractivity contribution in [2.24, 2.45) is 11.8 Å². The van der Waals surface area contributed by atoms with Crippen LogP contribution in [0.5, 0.6) is 0 Å². The van der Waals surface area contributed by atoms with Gasteiger partial charge < -0.3 is 14.9 Å². The molecule has 0 radical (unpaired) electrons. The summed E-state index contributed by atoms with van der Waals surface area (Å²) in [5, 5.41) is 16.3. The molecule has 1 aromatic rings. The predicted octanol–water partition coefficient (Wildman–Crippen LogP) is 1.96. The zero-order valence-corrected chi connectivity index (χ0v) is 12.3. The molecule has 6 heteroatoms. The Morgan fingerprint density at radius 1 is 1.45 bits per heavy atom. The Morgan fingerprint density at radius 3 is 2.80 bits per heavy atom. The second-order valence-electron chi connectivity index (χ2n) is 6.53. The van der Waals surface area contributed by atoms with Crippen molar-refractivity contribution in [3.63, 3.8) is 0 Å². The number of carbonyl (C=O) groups is 1. The molecule has 0 bridgehead atoms. The van der Waals surface area contributed by atoms with Crippen LogP contribution in [0.2, 0.25) is 0 Å². The smallest absolute Gasteiger partial charge is 0.306 e. The Hall–Kier alpha value is -1.43. The third-order valence-electron chi connectivity index (χ3n) is 3.80. The van der Waals surface area contributed by atoms with Gasteiger partial charge in [0.25, 0.3) is 0 Å². The Labute approximate surface area is 118 Å². The van der Waals surface area contributed by atoms with Crippen LogP contribution in [0.25, 0.3) is 0 Å². The first-order valence-corrected chi connectivity index (χ1v) is 7.14. The highest BCUT2D eigenvalue weighted by atomic mass is 16.5. The summed E-state index contributed by atoms with van der Waals surface area (Å²) < 4.78 is 5.19. The van der Waals surface area contributed by atoms with Crippen LogP contribution in [0.1, 0.15) is 51.7 Å². The summed E-state index contributed by atoms with van der Waals surface area (Å²) >= 11 is 0. The summed E-state index contributed by atoms with van der Waals surface area (Å²) in [6.07, 6.45) is 2.76. The number of nitrogens with zero attached hydrogens (tertiary/aromatic N) is 2. The molecule has 2 atom stereocenters. The average Bonchev–Trinajstić information content (AvgIpc) is 2.96. The molecular weight excluding hydrogens is 258 g/mol. The van der Waals surface area contributed by atoms with Crippen LogP contribution in [0.4, 0.5) is 0 Å². The van der Waals surface area contributed by atoms with E-state index in [0.29, 0.717) is 24.8 Å². The van der Waals surface area contributed by atoms with E-state index in [4.69, 9.17) is 9.63 Å².